The van der Waals surface area contributed by atoms with Crippen LogP contribution in [0.1, 0.15) is 75.9 Å². The number of nitrogens with two attached hydrogens (primary N) is 2. The molecular weight excluding hydrogens is 388 g/mol. The maximum absolute atomic E-state index is 10.5. The maximum Gasteiger partial charge on any atom is 0.199 e. The Morgan fingerprint density at radius 2 is 1.90 bits per heavy atom. The lowest BCUT2D eigenvalue weighted by Gasteiger charge is -2.46. The van der Waals surface area contributed by atoms with Crippen molar-refractivity contribution < 1.29 is 9.32 Å². The third-order valence-electron chi connectivity index (χ3n) is 5.53. The normalized spacial score (nSPS) is 20.2. The first-order valence-electron chi connectivity index (χ1n) is 11.1. The van der Waals surface area contributed by atoms with E-state index in [9.17, 15) is 4.79 Å². The van der Waals surface area contributed by atoms with Crippen molar-refractivity contribution in [1.29, 1.82) is 0 Å². The van der Waals surface area contributed by atoms with Gasteiger partial charge in [0.15, 0.2) is 12.0 Å². The number of allylic oxidation sites excluding steroid dienone is 1. The van der Waals surface area contributed by atoms with Gasteiger partial charge in [-0.2, -0.15) is 0 Å². The number of aromatic nitrogens is 1. The summed E-state index contributed by atoms with van der Waals surface area (Å²) in [5.74, 6) is 0.208. The van der Waals surface area contributed by atoms with Gasteiger partial charge in [-0.15, -0.1) is 0 Å². The van der Waals surface area contributed by atoms with Crippen LogP contribution in [0.25, 0.3) is 16.8 Å². The molecule has 0 unspecified atom stereocenters. The highest BCUT2D eigenvalue weighted by Crippen LogP contribution is 2.46. The first-order chi connectivity index (χ1) is 15.0. The molecule has 1 heterocycles. The highest BCUT2D eigenvalue weighted by molar-refractivity contribution is 6.09. The SMILES string of the molecule is CC.CCCC1(CC)CC(N)C1.CN=C/C(=C\N)c1ccc(-c2cc(C=O)on2)cc1. The molecule has 1 aliphatic carbocycles. The van der Waals surface area contributed by atoms with Gasteiger partial charge in [0.1, 0.15) is 5.69 Å². The molecule has 0 saturated heterocycles. The topological polar surface area (TPSA) is 108 Å². The van der Waals surface area contributed by atoms with E-state index in [0.717, 1.165) is 16.7 Å². The van der Waals surface area contributed by atoms with E-state index in [1.54, 1.807) is 19.3 Å². The summed E-state index contributed by atoms with van der Waals surface area (Å²) in [5, 5.41) is 3.82. The zero-order chi connectivity index (χ0) is 23.3. The molecule has 1 fully saturated rings. The van der Waals surface area contributed by atoms with Crippen LogP contribution in [0.3, 0.4) is 0 Å². The summed E-state index contributed by atoms with van der Waals surface area (Å²) in [4.78, 5) is 14.5. The number of aldehydes is 1. The predicted molar refractivity (Wildman–Crippen MR) is 130 cm³/mol. The van der Waals surface area contributed by atoms with E-state index in [1.807, 2.05) is 38.1 Å². The lowest BCUT2D eigenvalue weighted by molar-refractivity contribution is 0.0858. The van der Waals surface area contributed by atoms with Crippen molar-refractivity contribution in [3.63, 3.8) is 0 Å². The zero-order valence-electron chi connectivity index (χ0n) is 19.6. The van der Waals surface area contributed by atoms with Crippen LogP contribution in [0.15, 0.2) is 46.0 Å². The van der Waals surface area contributed by atoms with Crippen LogP contribution in [0, 0.1) is 5.41 Å². The van der Waals surface area contributed by atoms with Crippen LogP contribution in [0.4, 0.5) is 0 Å². The van der Waals surface area contributed by atoms with E-state index in [-0.39, 0.29) is 5.76 Å². The molecule has 1 aliphatic rings. The van der Waals surface area contributed by atoms with Crippen molar-refractivity contribution in [2.24, 2.45) is 21.9 Å². The van der Waals surface area contributed by atoms with Gasteiger partial charge in [-0.3, -0.25) is 9.79 Å². The van der Waals surface area contributed by atoms with Gasteiger partial charge in [0.25, 0.3) is 0 Å². The minimum absolute atomic E-state index is 0.208. The van der Waals surface area contributed by atoms with Crippen molar-refractivity contribution in [3.8, 4) is 11.3 Å². The fourth-order valence-corrected chi connectivity index (χ4v) is 3.92. The largest absolute Gasteiger partial charge is 0.404 e. The second kappa shape index (κ2) is 13.5. The summed E-state index contributed by atoms with van der Waals surface area (Å²) in [5.41, 5.74) is 15.2. The Balaban J connectivity index is 0.000000337. The molecule has 3 rings (SSSR count). The van der Waals surface area contributed by atoms with Crippen LogP contribution in [-0.4, -0.2) is 30.7 Å². The van der Waals surface area contributed by atoms with Gasteiger partial charge in [-0.1, -0.05) is 70.0 Å². The van der Waals surface area contributed by atoms with Crippen LogP contribution >= 0.6 is 0 Å². The van der Waals surface area contributed by atoms with Gasteiger partial charge >= 0.3 is 0 Å². The summed E-state index contributed by atoms with van der Waals surface area (Å²) < 4.78 is 4.84. The van der Waals surface area contributed by atoms with Gasteiger partial charge in [0.05, 0.1) is 0 Å². The second-order valence-electron chi connectivity index (χ2n) is 7.59. The van der Waals surface area contributed by atoms with E-state index in [4.69, 9.17) is 16.0 Å². The molecule has 1 aromatic heterocycles. The van der Waals surface area contributed by atoms with Gasteiger partial charge in [-0.25, -0.2) is 0 Å². The first-order valence-corrected chi connectivity index (χ1v) is 11.1. The van der Waals surface area contributed by atoms with E-state index < -0.39 is 0 Å². The van der Waals surface area contributed by atoms with Gasteiger partial charge in [-0.05, 0) is 30.2 Å². The molecule has 6 nitrogen and oxygen atoms in total. The molecule has 170 valence electrons. The number of aliphatic imine (C=N–C) groups is 1. The highest BCUT2D eigenvalue weighted by atomic mass is 16.5. The Bertz CT molecular complexity index is 826. The maximum atomic E-state index is 10.5. The van der Waals surface area contributed by atoms with E-state index in [0.29, 0.717) is 23.4 Å². The molecule has 0 bridgehead atoms. The number of carbonyl (C=O) groups excluding carboxylic acids is 1. The lowest BCUT2D eigenvalue weighted by Crippen LogP contribution is -2.45. The molecular formula is C25H38N4O2. The summed E-state index contributed by atoms with van der Waals surface area (Å²) in [6, 6.07) is 9.70. The molecule has 0 atom stereocenters. The monoisotopic (exact) mass is 426 g/mol. The molecule has 1 aromatic carbocycles. The molecule has 1 saturated carbocycles. The fourth-order valence-electron chi connectivity index (χ4n) is 3.92. The molecule has 0 amide bonds. The third-order valence-corrected chi connectivity index (χ3v) is 5.53. The summed E-state index contributed by atoms with van der Waals surface area (Å²) in [6.07, 6.45) is 10.4. The first kappa shape index (κ1) is 26.3. The Kier molecular flexibility index (Phi) is 11.5. The summed E-state index contributed by atoms with van der Waals surface area (Å²) >= 11 is 0. The Labute approximate surface area is 186 Å². The van der Waals surface area contributed by atoms with Crippen molar-refractivity contribution in [2.45, 2.75) is 65.8 Å². The summed E-state index contributed by atoms with van der Waals surface area (Å²) in [6.45, 7) is 8.56. The van der Waals surface area contributed by atoms with Crippen LogP contribution < -0.4 is 11.5 Å². The number of hydrogen-bond acceptors (Lipinski definition) is 6. The molecule has 0 spiro atoms. The minimum atomic E-state index is 0.208. The van der Waals surface area contributed by atoms with Crippen molar-refractivity contribution in [1.82, 2.24) is 5.16 Å². The molecule has 31 heavy (non-hydrogen) atoms. The number of benzene rings is 1. The van der Waals surface area contributed by atoms with Crippen LogP contribution in [0.2, 0.25) is 0 Å². The lowest BCUT2D eigenvalue weighted by atomic mass is 9.62. The number of hydrogen-bond donors (Lipinski definition) is 2. The summed E-state index contributed by atoms with van der Waals surface area (Å²) in [7, 11) is 1.69. The van der Waals surface area contributed by atoms with E-state index in [1.165, 1.54) is 38.3 Å². The standard InChI is InChI=1S/C14H13N3O2.C9H19N.C2H6/c1-16-8-12(7-15)10-2-4-11(5-3-10)14-6-13(9-18)19-17-14;1-3-5-9(4-2)6-8(10)7-9;1-2/h2-9H,15H2,1H3;8H,3-7,10H2,1-2H3;1-2H3/b12-7+,16-8?;;. The average Bonchev–Trinajstić information content (AvgIpc) is 3.28. The van der Waals surface area contributed by atoms with Gasteiger partial charge in [0, 0.05) is 42.7 Å². The quantitative estimate of drug-likeness (QED) is 0.450. The smallest absolute Gasteiger partial charge is 0.199 e. The van der Waals surface area contributed by atoms with Crippen LogP contribution in [-0.2, 0) is 0 Å². The zero-order valence-corrected chi connectivity index (χ0v) is 19.6. The number of carbonyl (C=O) groups is 1. The van der Waals surface area contributed by atoms with Crippen molar-refractivity contribution in [2.75, 3.05) is 7.05 Å². The number of nitrogens with zero attached hydrogens (tertiary/aromatic N) is 2. The van der Waals surface area contributed by atoms with E-state index in [2.05, 4.69) is 24.0 Å². The molecule has 2 aromatic rings. The molecule has 6 heteroatoms. The fraction of sp³-hybridized carbons (Fsp3) is 0.480. The molecule has 4 N–H and O–H groups in total. The Morgan fingerprint density at radius 1 is 1.26 bits per heavy atom. The third kappa shape index (κ3) is 7.47. The Hall–Kier alpha value is -2.73. The predicted octanol–water partition coefficient (Wildman–Crippen LogP) is 5.48. The molecule has 0 aliphatic heterocycles. The van der Waals surface area contributed by atoms with Crippen molar-refractivity contribution >= 4 is 18.1 Å². The van der Waals surface area contributed by atoms with Crippen molar-refractivity contribution in [3.05, 3.63) is 47.9 Å². The van der Waals surface area contributed by atoms with E-state index >= 15 is 0 Å². The minimum Gasteiger partial charge on any atom is -0.404 e. The van der Waals surface area contributed by atoms with Gasteiger partial charge < -0.3 is 16.0 Å². The Morgan fingerprint density at radius 3 is 2.32 bits per heavy atom. The van der Waals surface area contributed by atoms with Gasteiger partial charge in [0.2, 0.25) is 0 Å². The average molecular weight is 427 g/mol. The molecule has 0 radical (unpaired) electrons. The highest BCUT2D eigenvalue weighted by Gasteiger charge is 2.39. The van der Waals surface area contributed by atoms with Crippen LogP contribution in [0.5, 0.6) is 0 Å². The number of rotatable bonds is 7. The second-order valence-corrected chi connectivity index (χ2v) is 7.59.